The van der Waals surface area contributed by atoms with Crippen molar-refractivity contribution in [3.63, 3.8) is 0 Å². The van der Waals surface area contributed by atoms with Gasteiger partial charge in [-0.2, -0.15) is 13.2 Å². The molecule has 0 radical (unpaired) electrons. The molecule has 2 aromatic carbocycles. The van der Waals surface area contributed by atoms with Gasteiger partial charge in [0.2, 0.25) is 0 Å². The minimum atomic E-state index is -4.44. The molecule has 0 aromatic heterocycles. The molecule has 162 valence electrons. The second kappa shape index (κ2) is 9.80. The van der Waals surface area contributed by atoms with Crippen molar-refractivity contribution < 1.29 is 23.1 Å². The number of alkyl halides is 3. The van der Waals surface area contributed by atoms with Crippen molar-refractivity contribution in [2.75, 3.05) is 36.8 Å². The molecule has 0 fully saturated rings. The summed E-state index contributed by atoms with van der Waals surface area (Å²) in [4.78, 5) is 11.7. The van der Waals surface area contributed by atoms with Crippen LogP contribution >= 0.6 is 27.7 Å². The quantitative estimate of drug-likeness (QED) is 0.266. The van der Waals surface area contributed by atoms with E-state index in [1.54, 1.807) is 0 Å². The number of anilines is 3. The van der Waals surface area contributed by atoms with Crippen LogP contribution in [0.3, 0.4) is 0 Å². The van der Waals surface area contributed by atoms with Crippen molar-refractivity contribution in [3.05, 3.63) is 40.4 Å². The number of halogens is 4. The molecule has 6 nitrogen and oxygen atoms in total. The summed E-state index contributed by atoms with van der Waals surface area (Å²) in [5, 5.41) is 20.2. The van der Waals surface area contributed by atoms with Gasteiger partial charge in [-0.25, -0.2) is 4.79 Å². The number of hydrogen-bond acceptors (Lipinski definition) is 5. The van der Waals surface area contributed by atoms with Gasteiger partial charge in [0.1, 0.15) is 0 Å². The van der Waals surface area contributed by atoms with E-state index in [2.05, 4.69) is 37.2 Å². The zero-order valence-corrected chi connectivity index (χ0v) is 18.1. The van der Waals surface area contributed by atoms with Crippen LogP contribution in [0.4, 0.5) is 35.0 Å². The molecule has 0 aliphatic carbocycles. The lowest BCUT2D eigenvalue weighted by atomic mass is 10.1. The first-order chi connectivity index (χ1) is 14.2. The van der Waals surface area contributed by atoms with Crippen LogP contribution in [-0.2, 0) is 6.18 Å². The zero-order chi connectivity index (χ0) is 21.7. The van der Waals surface area contributed by atoms with Gasteiger partial charge in [-0.1, -0.05) is 27.7 Å². The smallest absolute Gasteiger partial charge is 0.416 e. The molecule has 11 heteroatoms. The summed E-state index contributed by atoms with van der Waals surface area (Å²) >= 11 is 4.69. The van der Waals surface area contributed by atoms with Crippen molar-refractivity contribution in [2.45, 2.75) is 22.4 Å². The second-order valence-corrected chi connectivity index (χ2v) is 8.52. The molecule has 0 atom stereocenters. The molecule has 1 aliphatic rings. The SMILES string of the molecule is O=C(O)NCCNCCCNc1cc(C(F)(F)F)cc2c1Nc1ccc(Br)cc1S2. The number of carboxylic acid groups (broad SMARTS) is 1. The van der Waals surface area contributed by atoms with E-state index in [1.807, 2.05) is 18.2 Å². The Labute approximate surface area is 184 Å². The van der Waals surface area contributed by atoms with Gasteiger partial charge in [0.05, 0.1) is 22.6 Å². The lowest BCUT2D eigenvalue weighted by Gasteiger charge is -2.25. The van der Waals surface area contributed by atoms with Gasteiger partial charge in [0.15, 0.2) is 0 Å². The first-order valence-electron chi connectivity index (χ1n) is 9.15. The fraction of sp³-hybridized carbons (Fsp3) is 0.316. The van der Waals surface area contributed by atoms with E-state index < -0.39 is 17.8 Å². The van der Waals surface area contributed by atoms with E-state index in [1.165, 1.54) is 17.8 Å². The van der Waals surface area contributed by atoms with Crippen molar-refractivity contribution >= 4 is 50.8 Å². The fourth-order valence-electron chi connectivity index (χ4n) is 2.88. The lowest BCUT2D eigenvalue weighted by Crippen LogP contribution is -2.31. The largest absolute Gasteiger partial charge is 0.465 e. The molecule has 0 spiro atoms. The summed E-state index contributed by atoms with van der Waals surface area (Å²) in [6.45, 7) is 1.84. The van der Waals surface area contributed by atoms with E-state index in [-0.39, 0.29) is 0 Å². The molecule has 30 heavy (non-hydrogen) atoms. The number of hydrogen-bond donors (Lipinski definition) is 5. The third kappa shape index (κ3) is 5.96. The minimum Gasteiger partial charge on any atom is -0.465 e. The first-order valence-corrected chi connectivity index (χ1v) is 10.8. The highest BCUT2D eigenvalue weighted by Gasteiger charge is 2.33. The Morgan fingerprint density at radius 3 is 2.63 bits per heavy atom. The molecule has 0 saturated carbocycles. The van der Waals surface area contributed by atoms with E-state index in [4.69, 9.17) is 5.11 Å². The van der Waals surface area contributed by atoms with Crippen LogP contribution in [0, 0.1) is 0 Å². The van der Waals surface area contributed by atoms with Crippen LogP contribution in [-0.4, -0.2) is 37.4 Å². The third-order valence-corrected chi connectivity index (χ3v) is 5.87. The van der Waals surface area contributed by atoms with Gasteiger partial charge in [0, 0.05) is 33.9 Å². The van der Waals surface area contributed by atoms with Crippen molar-refractivity contribution in [2.24, 2.45) is 0 Å². The molecule has 0 bridgehead atoms. The molecule has 1 heterocycles. The van der Waals surface area contributed by atoms with Gasteiger partial charge < -0.3 is 26.4 Å². The molecule has 1 amide bonds. The molecule has 0 saturated heterocycles. The van der Waals surface area contributed by atoms with E-state index >= 15 is 0 Å². The Bertz CT molecular complexity index is 927. The average Bonchev–Trinajstić information content (AvgIpc) is 2.67. The van der Waals surface area contributed by atoms with Gasteiger partial charge in [-0.05, 0) is 43.3 Å². The monoisotopic (exact) mass is 504 g/mol. The van der Waals surface area contributed by atoms with Gasteiger partial charge in [-0.15, -0.1) is 0 Å². The summed E-state index contributed by atoms with van der Waals surface area (Å²) in [5.41, 5.74) is 1.16. The number of amides is 1. The maximum Gasteiger partial charge on any atom is 0.416 e. The predicted octanol–water partition coefficient (Wildman–Crippen LogP) is 5.34. The van der Waals surface area contributed by atoms with Crippen LogP contribution in [0.1, 0.15) is 12.0 Å². The number of nitrogens with one attached hydrogen (secondary N) is 4. The molecular weight excluding hydrogens is 485 g/mol. The Morgan fingerprint density at radius 1 is 1.10 bits per heavy atom. The summed E-state index contributed by atoms with van der Waals surface area (Å²) < 4.78 is 41.0. The average molecular weight is 505 g/mol. The molecule has 2 aromatic rings. The Balaban J connectivity index is 1.67. The second-order valence-electron chi connectivity index (χ2n) is 6.52. The topological polar surface area (TPSA) is 85.4 Å². The summed E-state index contributed by atoms with van der Waals surface area (Å²) in [7, 11) is 0. The lowest BCUT2D eigenvalue weighted by molar-refractivity contribution is -0.137. The summed E-state index contributed by atoms with van der Waals surface area (Å²) in [6.07, 6.45) is -4.86. The Kier molecular flexibility index (Phi) is 7.37. The minimum absolute atomic E-state index is 0.292. The molecule has 0 unspecified atom stereocenters. The molecule has 1 aliphatic heterocycles. The summed E-state index contributed by atoms with van der Waals surface area (Å²) in [5.74, 6) is 0. The highest BCUT2D eigenvalue weighted by Crippen LogP contribution is 2.49. The van der Waals surface area contributed by atoms with Crippen molar-refractivity contribution in [3.8, 4) is 0 Å². The number of benzene rings is 2. The predicted molar refractivity (Wildman–Crippen MR) is 115 cm³/mol. The van der Waals surface area contributed by atoms with Crippen molar-refractivity contribution in [1.29, 1.82) is 0 Å². The maximum absolute atomic E-state index is 13.4. The maximum atomic E-state index is 13.4. The van der Waals surface area contributed by atoms with Gasteiger partial charge >= 0.3 is 12.3 Å². The van der Waals surface area contributed by atoms with Crippen molar-refractivity contribution in [1.82, 2.24) is 10.6 Å². The van der Waals surface area contributed by atoms with Gasteiger partial charge in [-0.3, -0.25) is 0 Å². The van der Waals surface area contributed by atoms with E-state index in [0.717, 1.165) is 21.1 Å². The number of fused-ring (bicyclic) bond motifs is 2. The summed E-state index contributed by atoms with van der Waals surface area (Å²) in [6, 6.07) is 7.92. The molecular formula is C19H20BrF3N4O2S. The van der Waals surface area contributed by atoms with Crippen LogP contribution < -0.4 is 21.3 Å². The van der Waals surface area contributed by atoms with Crippen LogP contribution in [0.2, 0.25) is 0 Å². The fourth-order valence-corrected chi connectivity index (χ4v) is 4.50. The number of carbonyl (C=O) groups is 1. The third-order valence-electron chi connectivity index (χ3n) is 4.28. The highest BCUT2D eigenvalue weighted by molar-refractivity contribution is 9.10. The Morgan fingerprint density at radius 2 is 1.90 bits per heavy atom. The molecule has 3 rings (SSSR count). The molecule has 5 N–H and O–H groups in total. The normalized spacial score (nSPS) is 12.5. The zero-order valence-electron chi connectivity index (χ0n) is 15.7. The van der Waals surface area contributed by atoms with Crippen LogP contribution in [0.15, 0.2) is 44.6 Å². The standard InChI is InChI=1S/C19H20BrF3N4O2S/c20-12-2-3-13-15(10-12)30-16-9-11(19(21,22)23)8-14(17(16)27-13)25-5-1-4-24-6-7-26-18(28)29/h2-3,8-10,24-27H,1,4-7H2,(H,28,29). The van der Waals surface area contributed by atoms with Crippen LogP contribution in [0.5, 0.6) is 0 Å². The van der Waals surface area contributed by atoms with E-state index in [0.29, 0.717) is 48.9 Å². The number of rotatable bonds is 8. The highest BCUT2D eigenvalue weighted by atomic mass is 79.9. The van der Waals surface area contributed by atoms with Crippen LogP contribution in [0.25, 0.3) is 0 Å². The Hall–Kier alpha value is -2.11. The van der Waals surface area contributed by atoms with Gasteiger partial charge in [0.25, 0.3) is 0 Å². The first kappa shape index (κ1) is 22.6. The van der Waals surface area contributed by atoms with E-state index in [9.17, 15) is 18.0 Å².